The Morgan fingerprint density at radius 3 is 2.44 bits per heavy atom. The quantitative estimate of drug-likeness (QED) is 0.847. The van der Waals surface area contributed by atoms with Crippen LogP contribution in [-0.4, -0.2) is 57.3 Å². The average Bonchev–Trinajstić information content (AvgIpc) is 3.12. The molecule has 144 valence electrons. The lowest BCUT2D eigenvalue weighted by atomic mass is 9.89. The monoisotopic (exact) mass is 387 g/mol. The van der Waals surface area contributed by atoms with Crippen LogP contribution in [0.4, 0.5) is 0 Å². The molecule has 0 saturated carbocycles. The normalized spacial score (nSPS) is 20.2. The lowest BCUT2D eigenvalue weighted by Gasteiger charge is -2.18. The lowest BCUT2D eigenvalue weighted by Crippen LogP contribution is -2.30. The molecule has 27 heavy (non-hydrogen) atoms. The summed E-state index contributed by atoms with van der Waals surface area (Å²) in [7, 11) is -0.637. The van der Waals surface area contributed by atoms with E-state index < -0.39 is 10.0 Å². The number of sulfonamides is 1. The summed E-state index contributed by atoms with van der Waals surface area (Å²) in [5.41, 5.74) is 7.50. The van der Waals surface area contributed by atoms with E-state index in [0.29, 0.717) is 25.2 Å². The fourth-order valence-electron chi connectivity index (χ4n) is 3.54. The largest absolute Gasteiger partial charge is 0.338 e. The van der Waals surface area contributed by atoms with Gasteiger partial charge in [0.1, 0.15) is 0 Å². The summed E-state index contributed by atoms with van der Waals surface area (Å²) in [4.78, 5) is 14.9. The molecule has 3 rings (SSSR count). The molecule has 2 aromatic rings. The van der Waals surface area contributed by atoms with Crippen molar-refractivity contribution in [3.05, 3.63) is 65.7 Å². The maximum atomic E-state index is 13.0. The third-order valence-corrected chi connectivity index (χ3v) is 6.93. The number of amides is 1. The number of hydrogen-bond donors (Lipinski definition) is 1. The molecule has 1 saturated heterocycles. The van der Waals surface area contributed by atoms with Crippen molar-refractivity contribution in [2.75, 3.05) is 33.7 Å². The number of likely N-dealkylation sites (tertiary alicyclic amines) is 1. The van der Waals surface area contributed by atoms with E-state index in [1.54, 1.807) is 17.0 Å². The zero-order chi connectivity index (χ0) is 19.6. The van der Waals surface area contributed by atoms with Crippen LogP contribution in [0.15, 0.2) is 59.5 Å². The van der Waals surface area contributed by atoms with Crippen LogP contribution in [0.2, 0.25) is 0 Å². The molecule has 1 aliphatic heterocycles. The summed E-state index contributed by atoms with van der Waals surface area (Å²) in [6, 6.07) is 16.3. The van der Waals surface area contributed by atoms with Crippen molar-refractivity contribution in [3.63, 3.8) is 0 Å². The van der Waals surface area contributed by atoms with Gasteiger partial charge in [-0.05, 0) is 36.2 Å². The van der Waals surface area contributed by atoms with Gasteiger partial charge >= 0.3 is 0 Å². The maximum absolute atomic E-state index is 13.0. The van der Waals surface area contributed by atoms with Crippen molar-refractivity contribution in [1.82, 2.24) is 9.21 Å². The fraction of sp³-hybridized carbons (Fsp3) is 0.350. The van der Waals surface area contributed by atoms with Gasteiger partial charge in [-0.2, -0.15) is 0 Å². The molecule has 0 aliphatic carbocycles. The Morgan fingerprint density at radius 2 is 1.81 bits per heavy atom. The number of hydrogen-bond acceptors (Lipinski definition) is 4. The van der Waals surface area contributed by atoms with E-state index in [9.17, 15) is 13.2 Å². The molecule has 0 bridgehead atoms. The van der Waals surface area contributed by atoms with Crippen LogP contribution in [0, 0.1) is 5.92 Å². The minimum atomic E-state index is -3.58. The van der Waals surface area contributed by atoms with Gasteiger partial charge in [-0.3, -0.25) is 4.79 Å². The van der Waals surface area contributed by atoms with Gasteiger partial charge in [0.2, 0.25) is 10.0 Å². The van der Waals surface area contributed by atoms with E-state index in [2.05, 4.69) is 12.1 Å². The van der Waals surface area contributed by atoms with Crippen LogP contribution in [0.1, 0.15) is 21.8 Å². The molecule has 0 unspecified atom stereocenters. The smallest absolute Gasteiger partial charge is 0.253 e. The van der Waals surface area contributed by atoms with Crippen molar-refractivity contribution in [2.24, 2.45) is 11.7 Å². The zero-order valence-corrected chi connectivity index (χ0v) is 16.4. The highest BCUT2D eigenvalue weighted by Gasteiger charge is 2.35. The summed E-state index contributed by atoms with van der Waals surface area (Å²) >= 11 is 0. The number of carbonyl (C=O) groups excluding carboxylic acids is 1. The summed E-state index contributed by atoms with van der Waals surface area (Å²) in [5.74, 6) is 0.210. The van der Waals surface area contributed by atoms with E-state index >= 15 is 0 Å². The lowest BCUT2D eigenvalue weighted by molar-refractivity contribution is 0.0786. The molecule has 1 heterocycles. The molecule has 2 aromatic carbocycles. The Labute approximate surface area is 160 Å². The van der Waals surface area contributed by atoms with Gasteiger partial charge < -0.3 is 10.6 Å². The van der Waals surface area contributed by atoms with E-state index in [1.165, 1.54) is 31.8 Å². The van der Waals surface area contributed by atoms with Gasteiger partial charge in [0, 0.05) is 38.7 Å². The Morgan fingerprint density at radius 1 is 1.11 bits per heavy atom. The van der Waals surface area contributed by atoms with Crippen LogP contribution in [-0.2, 0) is 10.0 Å². The number of carbonyl (C=O) groups is 1. The Balaban J connectivity index is 1.85. The van der Waals surface area contributed by atoms with E-state index in [1.807, 2.05) is 18.2 Å². The van der Waals surface area contributed by atoms with Crippen LogP contribution in [0.3, 0.4) is 0 Å². The van der Waals surface area contributed by atoms with Crippen LogP contribution in [0.5, 0.6) is 0 Å². The van der Waals surface area contributed by atoms with Gasteiger partial charge in [-0.15, -0.1) is 0 Å². The molecule has 0 spiro atoms. The van der Waals surface area contributed by atoms with Gasteiger partial charge in [-0.25, -0.2) is 12.7 Å². The molecular weight excluding hydrogens is 362 g/mol. The summed E-state index contributed by atoms with van der Waals surface area (Å²) in [6.45, 7) is 1.65. The predicted octanol–water partition coefficient (Wildman–Crippen LogP) is 1.75. The van der Waals surface area contributed by atoms with Crippen molar-refractivity contribution >= 4 is 15.9 Å². The Kier molecular flexibility index (Phi) is 5.64. The van der Waals surface area contributed by atoms with E-state index in [-0.39, 0.29) is 22.6 Å². The molecule has 2 atom stereocenters. The Bertz CT molecular complexity index is 913. The van der Waals surface area contributed by atoms with Gasteiger partial charge in [0.05, 0.1) is 4.90 Å². The topological polar surface area (TPSA) is 83.7 Å². The highest BCUT2D eigenvalue weighted by Crippen LogP contribution is 2.33. The molecule has 1 aliphatic rings. The molecule has 0 aromatic heterocycles. The first-order chi connectivity index (χ1) is 12.8. The van der Waals surface area contributed by atoms with Gasteiger partial charge in [0.25, 0.3) is 5.91 Å². The first-order valence-electron chi connectivity index (χ1n) is 8.91. The first-order valence-corrected chi connectivity index (χ1v) is 10.4. The second-order valence-corrected chi connectivity index (χ2v) is 9.19. The number of benzene rings is 2. The molecule has 1 amide bonds. The first kappa shape index (κ1) is 19.5. The maximum Gasteiger partial charge on any atom is 0.253 e. The van der Waals surface area contributed by atoms with Gasteiger partial charge in [0.15, 0.2) is 0 Å². The third-order valence-electron chi connectivity index (χ3n) is 5.12. The van der Waals surface area contributed by atoms with Crippen LogP contribution < -0.4 is 5.73 Å². The minimum absolute atomic E-state index is 0.118. The highest BCUT2D eigenvalue weighted by atomic mass is 32.2. The molecule has 7 heteroatoms. The minimum Gasteiger partial charge on any atom is -0.338 e. The average molecular weight is 388 g/mol. The van der Waals surface area contributed by atoms with Crippen molar-refractivity contribution < 1.29 is 13.2 Å². The SMILES string of the molecule is CN(C)S(=O)(=O)c1cccc(C(=O)N2C[C@@H](CN)[C@H](c3ccccc3)C2)c1. The summed E-state index contributed by atoms with van der Waals surface area (Å²) in [6.07, 6.45) is 0. The van der Waals surface area contributed by atoms with Crippen molar-refractivity contribution in [2.45, 2.75) is 10.8 Å². The highest BCUT2D eigenvalue weighted by molar-refractivity contribution is 7.89. The standard InChI is InChI=1S/C20H25N3O3S/c1-22(2)27(25,26)18-10-6-9-16(11-18)20(24)23-13-17(12-21)19(14-23)15-7-4-3-5-8-15/h3-11,17,19H,12-14,21H2,1-2H3/t17-,19+/m1/s1. The van der Waals surface area contributed by atoms with E-state index in [0.717, 1.165) is 4.31 Å². The van der Waals surface area contributed by atoms with Crippen molar-refractivity contribution in [3.8, 4) is 0 Å². The second kappa shape index (κ2) is 7.80. The summed E-state index contributed by atoms with van der Waals surface area (Å²) in [5, 5.41) is 0. The molecule has 1 fully saturated rings. The predicted molar refractivity (Wildman–Crippen MR) is 105 cm³/mol. The molecule has 0 radical (unpaired) electrons. The fourth-order valence-corrected chi connectivity index (χ4v) is 4.48. The van der Waals surface area contributed by atoms with E-state index in [4.69, 9.17) is 5.73 Å². The van der Waals surface area contributed by atoms with Crippen LogP contribution >= 0.6 is 0 Å². The number of nitrogens with zero attached hydrogens (tertiary/aromatic N) is 2. The molecular formula is C20H25N3O3S. The number of rotatable bonds is 5. The van der Waals surface area contributed by atoms with Crippen LogP contribution in [0.25, 0.3) is 0 Å². The number of nitrogens with two attached hydrogens (primary N) is 1. The zero-order valence-electron chi connectivity index (χ0n) is 15.6. The Hall–Kier alpha value is -2.22. The molecule has 6 nitrogen and oxygen atoms in total. The van der Waals surface area contributed by atoms with Gasteiger partial charge in [-0.1, -0.05) is 36.4 Å². The third kappa shape index (κ3) is 3.90. The molecule has 2 N–H and O–H groups in total. The second-order valence-electron chi connectivity index (χ2n) is 7.04. The summed E-state index contributed by atoms with van der Waals surface area (Å²) < 4.78 is 25.8. The van der Waals surface area contributed by atoms with Crippen molar-refractivity contribution in [1.29, 1.82) is 0 Å².